The van der Waals surface area contributed by atoms with Crippen LogP contribution in [0.15, 0.2) is 48.2 Å². The van der Waals surface area contributed by atoms with Gasteiger partial charge in [-0.1, -0.05) is 6.07 Å². The molecule has 2 aromatic carbocycles. The fourth-order valence-corrected chi connectivity index (χ4v) is 3.62. The van der Waals surface area contributed by atoms with E-state index in [2.05, 4.69) is 0 Å². The molecule has 0 bridgehead atoms. The van der Waals surface area contributed by atoms with E-state index < -0.39 is 55.6 Å². The van der Waals surface area contributed by atoms with Gasteiger partial charge < -0.3 is 34.3 Å². The number of hydrogen-bond acceptors (Lipinski definition) is 8. The molecule has 1 aliphatic heterocycles. The number of hydrogen-bond donors (Lipinski definition) is 3. The smallest absolute Gasteiger partial charge is 0.211 e. The number of ketones is 1. The lowest BCUT2D eigenvalue weighted by molar-refractivity contribution is -0.120. The van der Waals surface area contributed by atoms with Crippen molar-refractivity contribution in [2.24, 2.45) is 11.8 Å². The maximum absolute atomic E-state index is 12.6. The number of phenols is 2. The molecule has 2 aliphatic rings. The van der Waals surface area contributed by atoms with E-state index >= 15 is 0 Å². The molecule has 1 aliphatic carbocycles. The molecule has 0 aromatic heterocycles. The van der Waals surface area contributed by atoms with Gasteiger partial charge in [-0.25, -0.2) is 0 Å². The Labute approximate surface area is 174 Å². The second-order valence-corrected chi connectivity index (χ2v) is 6.63. The average Bonchev–Trinajstić information content (AvgIpc) is 3.23. The van der Waals surface area contributed by atoms with Crippen molar-refractivity contribution in [1.82, 2.24) is 0 Å². The van der Waals surface area contributed by atoms with Gasteiger partial charge in [0.2, 0.25) is 6.29 Å². The Bertz CT molecular complexity index is 1180. The van der Waals surface area contributed by atoms with Crippen molar-refractivity contribution in [2.75, 3.05) is 14.1 Å². The molecule has 1 saturated heterocycles. The summed E-state index contributed by atoms with van der Waals surface area (Å²) in [6.07, 6.45) is -1.19. The summed E-state index contributed by atoms with van der Waals surface area (Å²) in [5, 5.41) is 30.2. The van der Waals surface area contributed by atoms with Crippen LogP contribution in [-0.4, -0.2) is 41.5 Å². The first-order chi connectivity index (χ1) is 16.2. The lowest BCUT2D eigenvalue weighted by atomic mass is 9.87. The minimum atomic E-state index is -2.84. The number of carbonyl (C=O) groups is 1. The topological polar surface area (TPSA) is 115 Å². The molecule has 0 amide bonds. The highest BCUT2D eigenvalue weighted by Crippen LogP contribution is 2.50. The Morgan fingerprint density at radius 2 is 1.66 bits per heavy atom. The van der Waals surface area contributed by atoms with Crippen molar-refractivity contribution in [3.05, 3.63) is 53.8 Å². The van der Waals surface area contributed by atoms with Crippen molar-refractivity contribution in [3.8, 4) is 28.7 Å². The van der Waals surface area contributed by atoms with Crippen molar-refractivity contribution in [2.45, 2.75) is 12.4 Å². The molecule has 8 nitrogen and oxygen atoms in total. The van der Waals surface area contributed by atoms with Crippen LogP contribution < -0.4 is 14.2 Å². The zero-order valence-corrected chi connectivity index (χ0v) is 14.7. The number of carbonyl (C=O) groups excluding carboxylic acids is 1. The molecule has 1 heterocycles. The molecule has 4 rings (SSSR count). The van der Waals surface area contributed by atoms with Crippen LogP contribution in [-0.2, 0) is 9.53 Å². The molecule has 8 heteroatoms. The number of benzene rings is 2. The summed E-state index contributed by atoms with van der Waals surface area (Å²) < 4.78 is 64.7. The summed E-state index contributed by atoms with van der Waals surface area (Å²) >= 11 is 0. The number of phenolic OH excluding ortho intramolecular Hbond substituents is 2. The molecule has 2 aromatic rings. The summed E-state index contributed by atoms with van der Waals surface area (Å²) in [5.74, 6) is -4.18. The quantitative estimate of drug-likeness (QED) is 0.694. The summed E-state index contributed by atoms with van der Waals surface area (Å²) in [7, 11) is -5.67. The lowest BCUT2D eigenvalue weighted by Gasteiger charge is -2.19. The second-order valence-electron chi connectivity index (χ2n) is 6.63. The van der Waals surface area contributed by atoms with Crippen LogP contribution >= 0.6 is 0 Å². The van der Waals surface area contributed by atoms with Gasteiger partial charge in [-0.2, -0.15) is 0 Å². The minimum Gasteiger partial charge on any atom is -0.512 e. The highest BCUT2D eigenvalue weighted by molar-refractivity contribution is 5.96. The van der Waals surface area contributed by atoms with Crippen molar-refractivity contribution in [3.63, 3.8) is 0 Å². The predicted molar refractivity (Wildman–Crippen MR) is 100 cm³/mol. The van der Waals surface area contributed by atoms with Gasteiger partial charge in [0, 0.05) is 12.1 Å². The van der Waals surface area contributed by atoms with E-state index in [0.717, 1.165) is 18.2 Å². The number of aromatic hydroxyl groups is 2. The van der Waals surface area contributed by atoms with Gasteiger partial charge in [-0.05, 0) is 29.8 Å². The summed E-state index contributed by atoms with van der Waals surface area (Å²) in [5.41, 5.74) is 0.289. The number of fused-ring (bicyclic) bond motifs is 1. The van der Waals surface area contributed by atoms with Crippen LogP contribution in [0.5, 0.6) is 28.7 Å². The van der Waals surface area contributed by atoms with Crippen LogP contribution in [0, 0.1) is 11.8 Å². The van der Waals surface area contributed by atoms with Crippen LogP contribution in [0.4, 0.5) is 0 Å². The molecule has 29 heavy (non-hydrogen) atoms. The van der Waals surface area contributed by atoms with E-state index in [-0.39, 0.29) is 28.6 Å². The van der Waals surface area contributed by atoms with Gasteiger partial charge in [0.15, 0.2) is 28.8 Å². The molecule has 0 radical (unpaired) electrons. The Hall–Kier alpha value is -3.39. The zero-order chi connectivity index (χ0) is 25.7. The van der Waals surface area contributed by atoms with Gasteiger partial charge in [0.1, 0.15) is 11.5 Å². The molecule has 4 unspecified atom stereocenters. The van der Waals surface area contributed by atoms with Crippen LogP contribution in [0.1, 0.15) is 19.9 Å². The average molecular weight is 406 g/mol. The molecule has 3 N–H and O–H groups in total. The predicted octanol–water partition coefficient (Wildman–Crippen LogP) is 2.85. The summed E-state index contributed by atoms with van der Waals surface area (Å²) in [4.78, 5) is 12.6. The van der Waals surface area contributed by atoms with Crippen LogP contribution in [0.3, 0.4) is 0 Å². The van der Waals surface area contributed by atoms with Crippen molar-refractivity contribution < 1.29 is 47.3 Å². The summed E-state index contributed by atoms with van der Waals surface area (Å²) in [6.45, 7) is 0. The first kappa shape index (κ1) is 12.9. The Kier molecular flexibility index (Phi) is 3.22. The highest BCUT2D eigenvalue weighted by Gasteiger charge is 2.55. The fraction of sp³-hybridized carbons (Fsp3) is 0.286. The Balaban J connectivity index is 1.63. The number of methoxy groups -OCH3 is 2. The molecule has 152 valence electrons. The van der Waals surface area contributed by atoms with E-state index in [9.17, 15) is 20.1 Å². The fourth-order valence-electron chi connectivity index (χ4n) is 3.62. The number of rotatable bonds is 5. The zero-order valence-electron chi connectivity index (χ0n) is 20.7. The first-order valence-electron chi connectivity index (χ1n) is 11.5. The number of allylic oxidation sites excluding steroid dienone is 1. The van der Waals surface area contributed by atoms with Crippen molar-refractivity contribution in [1.29, 1.82) is 0 Å². The molecule has 0 spiro atoms. The normalized spacial score (nSPS) is 29.4. The van der Waals surface area contributed by atoms with Crippen LogP contribution in [0.25, 0.3) is 0 Å². The van der Waals surface area contributed by atoms with Crippen LogP contribution in [0.2, 0.25) is 0 Å². The first-order valence-corrected chi connectivity index (χ1v) is 8.52. The van der Waals surface area contributed by atoms with E-state index in [1.807, 2.05) is 0 Å². The van der Waals surface area contributed by atoms with Gasteiger partial charge >= 0.3 is 0 Å². The third-order valence-electron chi connectivity index (χ3n) is 4.96. The monoisotopic (exact) mass is 406 g/mol. The molecule has 4 atom stereocenters. The largest absolute Gasteiger partial charge is 0.512 e. The molecular formula is C21H20O8. The van der Waals surface area contributed by atoms with Gasteiger partial charge in [0.25, 0.3) is 0 Å². The van der Waals surface area contributed by atoms with Gasteiger partial charge in [-0.3, -0.25) is 4.79 Å². The van der Waals surface area contributed by atoms with E-state index in [0.29, 0.717) is 0 Å². The van der Waals surface area contributed by atoms with E-state index in [1.54, 1.807) is 0 Å². The number of aliphatic hydroxyl groups is 1. The number of aliphatic hydroxyl groups excluding tert-OH is 1. The lowest BCUT2D eigenvalue weighted by Crippen LogP contribution is -2.26. The molecular weight excluding hydrogens is 380 g/mol. The minimum absolute atomic E-state index is 0.0238. The van der Waals surface area contributed by atoms with Crippen molar-refractivity contribution >= 4 is 5.78 Å². The Morgan fingerprint density at radius 1 is 0.966 bits per heavy atom. The highest BCUT2D eigenvalue weighted by atomic mass is 16.7. The van der Waals surface area contributed by atoms with E-state index in [4.69, 9.17) is 27.2 Å². The maximum atomic E-state index is 12.6. The third-order valence-corrected chi connectivity index (χ3v) is 4.96. The Morgan fingerprint density at radius 3 is 2.38 bits per heavy atom. The van der Waals surface area contributed by atoms with E-state index in [1.165, 1.54) is 24.3 Å². The molecule has 1 fully saturated rings. The maximum Gasteiger partial charge on any atom is 0.211 e. The number of ether oxygens (including phenoxy) is 4. The van der Waals surface area contributed by atoms with Gasteiger partial charge in [0.05, 0.1) is 40.2 Å². The summed E-state index contributed by atoms with van der Waals surface area (Å²) in [6, 6.07) is 7.40. The standard InChI is InChI=1S/C21H20O8/c1-26-16-7-10(3-5-12(16)22)20-18-14(24)9-15(25)19(18)21(29-20)28-11-4-6-13(23)17(8-11)27-2/h3-9,18-23,25H,1-2H3/i1D3,2D3. The SMILES string of the molecule is [2H]C([2H])([2H])Oc1cc(OC2OC(c3ccc(O)c(OC([2H])([2H])[2H])c3)C3C(=O)C=C(O)C23)ccc1O. The van der Waals surface area contributed by atoms with Gasteiger partial charge in [-0.15, -0.1) is 0 Å². The molecule has 0 saturated carbocycles. The third kappa shape index (κ3) is 3.21. The second kappa shape index (κ2) is 7.21.